The highest BCUT2D eigenvalue weighted by atomic mass is 15.2. The van der Waals surface area contributed by atoms with Gasteiger partial charge in [0.15, 0.2) is 0 Å². The first-order valence-corrected chi connectivity index (χ1v) is 14.2. The molecule has 0 atom stereocenters. The van der Waals surface area contributed by atoms with Crippen LogP contribution in [-0.2, 0) is 0 Å². The molecule has 0 spiro atoms. The fourth-order valence-corrected chi connectivity index (χ4v) is 6.06. The van der Waals surface area contributed by atoms with E-state index in [0.717, 1.165) is 50.3 Å². The predicted molar refractivity (Wildman–Crippen MR) is 176 cm³/mol. The Labute approximate surface area is 244 Å². The summed E-state index contributed by atoms with van der Waals surface area (Å²) in [6, 6.07) is 53.6. The number of fused-ring (bicyclic) bond motifs is 3. The average molecular weight is 538 g/mol. The van der Waals surface area contributed by atoms with Crippen molar-refractivity contribution in [2.24, 2.45) is 0 Å². The van der Waals surface area contributed by atoms with Gasteiger partial charge in [-0.1, -0.05) is 109 Å². The molecule has 2 heterocycles. The largest absolute Gasteiger partial charge is 0.316 e. The van der Waals surface area contributed by atoms with E-state index < -0.39 is 0 Å². The zero-order chi connectivity index (χ0) is 27.9. The van der Waals surface area contributed by atoms with Gasteiger partial charge in [-0.2, -0.15) is 0 Å². The minimum atomic E-state index is 0.903. The van der Waals surface area contributed by atoms with Crippen molar-refractivity contribution in [3.05, 3.63) is 164 Å². The third kappa shape index (κ3) is 4.03. The van der Waals surface area contributed by atoms with Gasteiger partial charge in [-0.05, 0) is 64.2 Å². The van der Waals surface area contributed by atoms with Gasteiger partial charge < -0.3 is 4.57 Å². The fourth-order valence-electron chi connectivity index (χ4n) is 6.06. The molecule has 0 unspecified atom stereocenters. The van der Waals surface area contributed by atoms with E-state index in [0.29, 0.717) is 0 Å². The van der Waals surface area contributed by atoms with Gasteiger partial charge >= 0.3 is 0 Å². The number of anilines is 3. The van der Waals surface area contributed by atoms with Crippen molar-refractivity contribution in [1.82, 2.24) is 9.55 Å². The molecule has 2 aromatic heterocycles. The molecule has 0 radical (unpaired) electrons. The summed E-state index contributed by atoms with van der Waals surface area (Å²) in [5, 5.41) is 5.85. The van der Waals surface area contributed by atoms with E-state index in [1.807, 2.05) is 6.20 Å². The Hall–Kier alpha value is -5.67. The number of nitrogens with zero attached hydrogens (tertiary/aromatic N) is 3. The van der Waals surface area contributed by atoms with Gasteiger partial charge in [0.2, 0.25) is 0 Å². The van der Waals surface area contributed by atoms with Crippen molar-refractivity contribution >= 4 is 49.6 Å². The highest BCUT2D eigenvalue weighted by molar-refractivity contribution is 6.07. The Morgan fingerprint density at radius 2 is 1.24 bits per heavy atom. The minimum Gasteiger partial charge on any atom is -0.316 e. The van der Waals surface area contributed by atoms with Crippen molar-refractivity contribution in [2.45, 2.75) is 0 Å². The molecule has 8 aromatic rings. The van der Waals surface area contributed by atoms with E-state index in [-0.39, 0.29) is 0 Å². The molecule has 0 aliphatic carbocycles. The molecule has 0 aliphatic rings. The first kappa shape index (κ1) is 24.2. The van der Waals surface area contributed by atoms with Gasteiger partial charge in [0, 0.05) is 40.1 Å². The highest BCUT2D eigenvalue weighted by Crippen LogP contribution is 2.43. The SMILES string of the molecule is c1ccc(-c2cnc(N(c3ccc4ccccc4c3)c3cccc4c3ccn4-c3ccccc3)c3ccccc23)cc1. The summed E-state index contributed by atoms with van der Waals surface area (Å²) >= 11 is 0. The summed E-state index contributed by atoms with van der Waals surface area (Å²) in [6.45, 7) is 0. The Bertz CT molecular complexity index is 2200. The van der Waals surface area contributed by atoms with Gasteiger partial charge in [0.25, 0.3) is 0 Å². The number of hydrogen-bond acceptors (Lipinski definition) is 2. The Kier molecular flexibility index (Phi) is 5.79. The van der Waals surface area contributed by atoms with Crippen LogP contribution in [0.15, 0.2) is 164 Å². The Morgan fingerprint density at radius 1 is 0.524 bits per heavy atom. The van der Waals surface area contributed by atoms with E-state index in [1.54, 1.807) is 0 Å². The first-order chi connectivity index (χ1) is 20.8. The van der Waals surface area contributed by atoms with E-state index in [1.165, 1.54) is 16.2 Å². The van der Waals surface area contributed by atoms with Crippen molar-refractivity contribution in [2.75, 3.05) is 4.90 Å². The molecule has 3 heteroatoms. The zero-order valence-corrected chi connectivity index (χ0v) is 22.9. The molecule has 6 aromatic carbocycles. The quantitative estimate of drug-likeness (QED) is 0.218. The van der Waals surface area contributed by atoms with Crippen LogP contribution in [0.3, 0.4) is 0 Å². The summed E-state index contributed by atoms with van der Waals surface area (Å²) in [7, 11) is 0. The molecular formula is C39H27N3. The van der Waals surface area contributed by atoms with Gasteiger partial charge in [-0.25, -0.2) is 4.98 Å². The highest BCUT2D eigenvalue weighted by Gasteiger charge is 2.21. The number of aromatic nitrogens is 2. The van der Waals surface area contributed by atoms with Crippen LogP contribution in [0.25, 0.3) is 49.3 Å². The number of pyridine rings is 1. The molecule has 0 saturated carbocycles. The molecule has 0 bridgehead atoms. The van der Waals surface area contributed by atoms with Gasteiger partial charge in [0.05, 0.1) is 11.2 Å². The summed E-state index contributed by atoms with van der Waals surface area (Å²) in [4.78, 5) is 7.53. The first-order valence-electron chi connectivity index (χ1n) is 14.2. The van der Waals surface area contributed by atoms with Crippen molar-refractivity contribution in [1.29, 1.82) is 0 Å². The molecule has 198 valence electrons. The van der Waals surface area contributed by atoms with Gasteiger partial charge in [0.1, 0.15) is 5.82 Å². The monoisotopic (exact) mass is 537 g/mol. The number of benzene rings is 6. The lowest BCUT2D eigenvalue weighted by atomic mass is 10.00. The fraction of sp³-hybridized carbons (Fsp3) is 0. The second-order valence-electron chi connectivity index (χ2n) is 10.5. The van der Waals surface area contributed by atoms with Crippen molar-refractivity contribution < 1.29 is 0 Å². The van der Waals surface area contributed by atoms with E-state index >= 15 is 0 Å². The van der Waals surface area contributed by atoms with Gasteiger partial charge in [-0.15, -0.1) is 0 Å². The summed E-state index contributed by atoms with van der Waals surface area (Å²) in [6.07, 6.45) is 4.18. The average Bonchev–Trinajstić information content (AvgIpc) is 3.51. The third-order valence-electron chi connectivity index (χ3n) is 8.05. The molecule has 0 fully saturated rings. The Balaban J connectivity index is 1.41. The maximum Gasteiger partial charge on any atom is 0.145 e. The van der Waals surface area contributed by atoms with Crippen LogP contribution in [-0.4, -0.2) is 9.55 Å². The number of rotatable bonds is 5. The maximum absolute atomic E-state index is 5.21. The second kappa shape index (κ2) is 10.1. The molecule has 42 heavy (non-hydrogen) atoms. The van der Waals surface area contributed by atoms with Gasteiger partial charge in [-0.3, -0.25) is 4.90 Å². The lowest BCUT2D eigenvalue weighted by Gasteiger charge is -2.27. The van der Waals surface area contributed by atoms with E-state index in [9.17, 15) is 0 Å². The van der Waals surface area contributed by atoms with Crippen LogP contribution < -0.4 is 4.90 Å². The van der Waals surface area contributed by atoms with Crippen LogP contribution in [0.4, 0.5) is 17.2 Å². The minimum absolute atomic E-state index is 0.903. The third-order valence-corrected chi connectivity index (χ3v) is 8.05. The lowest BCUT2D eigenvalue weighted by molar-refractivity contribution is 1.13. The van der Waals surface area contributed by atoms with Crippen LogP contribution in [0.5, 0.6) is 0 Å². The molecule has 0 N–H and O–H groups in total. The predicted octanol–water partition coefficient (Wildman–Crippen LogP) is 10.5. The zero-order valence-electron chi connectivity index (χ0n) is 22.9. The van der Waals surface area contributed by atoms with Crippen molar-refractivity contribution in [3.8, 4) is 16.8 Å². The Morgan fingerprint density at radius 3 is 2.07 bits per heavy atom. The summed E-state index contributed by atoms with van der Waals surface area (Å²) in [5.74, 6) is 0.903. The molecule has 8 rings (SSSR count). The molecular weight excluding hydrogens is 510 g/mol. The van der Waals surface area contributed by atoms with Crippen LogP contribution in [0.1, 0.15) is 0 Å². The van der Waals surface area contributed by atoms with Crippen LogP contribution >= 0.6 is 0 Å². The number of hydrogen-bond donors (Lipinski definition) is 0. The molecule has 0 amide bonds. The smallest absolute Gasteiger partial charge is 0.145 e. The molecule has 0 saturated heterocycles. The summed E-state index contributed by atoms with van der Waals surface area (Å²) < 4.78 is 2.25. The number of para-hydroxylation sites is 1. The summed E-state index contributed by atoms with van der Waals surface area (Å²) in [5.41, 5.74) is 6.72. The topological polar surface area (TPSA) is 21.1 Å². The normalized spacial score (nSPS) is 11.3. The van der Waals surface area contributed by atoms with Crippen molar-refractivity contribution in [3.63, 3.8) is 0 Å². The molecule has 3 nitrogen and oxygen atoms in total. The van der Waals surface area contributed by atoms with E-state index in [4.69, 9.17) is 4.98 Å². The maximum atomic E-state index is 5.21. The second-order valence-corrected chi connectivity index (χ2v) is 10.5. The van der Waals surface area contributed by atoms with Crippen LogP contribution in [0, 0.1) is 0 Å². The molecule has 0 aliphatic heterocycles. The van der Waals surface area contributed by atoms with E-state index in [2.05, 4.69) is 167 Å². The van der Waals surface area contributed by atoms with Crippen LogP contribution in [0.2, 0.25) is 0 Å². The lowest BCUT2D eigenvalue weighted by Crippen LogP contribution is -2.13. The standard InChI is InChI=1S/C39H27N3/c1-3-13-29(14-4-1)36-27-40-39(34-19-10-9-18-33(34)36)42(32-23-22-28-12-7-8-15-30(28)26-32)38-21-11-20-37-35(38)24-25-41(37)31-16-5-2-6-17-31/h1-27H.